The number of halogens is 3. The Labute approximate surface area is 163 Å². The molecule has 0 fully saturated rings. The summed E-state index contributed by atoms with van der Waals surface area (Å²) in [6.45, 7) is 0. The number of H-pyrrole nitrogens is 1. The van der Waals surface area contributed by atoms with Crippen LogP contribution in [0, 0.1) is 0 Å². The molecule has 0 spiro atoms. The Bertz CT molecular complexity index is 1030. The van der Waals surface area contributed by atoms with Gasteiger partial charge in [0.05, 0.1) is 5.56 Å². The highest BCUT2D eigenvalue weighted by Crippen LogP contribution is 2.30. The number of aromatic nitrogens is 1. The minimum absolute atomic E-state index is 0.0363. The van der Waals surface area contributed by atoms with Crippen molar-refractivity contribution in [2.24, 2.45) is 5.73 Å². The van der Waals surface area contributed by atoms with E-state index in [2.05, 4.69) is 10.3 Å². The molecule has 152 valence electrons. The number of alkyl halides is 3. The van der Waals surface area contributed by atoms with E-state index in [9.17, 15) is 27.9 Å². The Kier molecular flexibility index (Phi) is 5.60. The summed E-state index contributed by atoms with van der Waals surface area (Å²) in [5.74, 6) is -1.74. The van der Waals surface area contributed by atoms with Gasteiger partial charge in [0.1, 0.15) is 6.04 Å². The molecule has 2 amide bonds. The summed E-state index contributed by atoms with van der Waals surface area (Å²) < 4.78 is 37.9. The standard InChI is InChI=1S/C20H18F3N3O3/c21-20(22,23)13-7-5-11(6-8-13)17(27)19(29)26-16(18(24)28)9-12-10-25-15-4-2-1-3-14(12)15/h1-8,10,16-17,25,27H,9H2,(H2,24,28)(H,26,29)/t16-,17-/m0/s1. The maximum atomic E-state index is 12.6. The van der Waals surface area contributed by atoms with Gasteiger partial charge in [-0.05, 0) is 29.3 Å². The van der Waals surface area contributed by atoms with Crippen molar-refractivity contribution in [1.82, 2.24) is 10.3 Å². The fourth-order valence-corrected chi connectivity index (χ4v) is 3.00. The summed E-state index contributed by atoms with van der Waals surface area (Å²) in [4.78, 5) is 27.2. The number of aliphatic hydroxyl groups is 1. The summed E-state index contributed by atoms with van der Waals surface area (Å²) in [6.07, 6.45) is -4.49. The van der Waals surface area contributed by atoms with Crippen LogP contribution in [0.3, 0.4) is 0 Å². The fourth-order valence-electron chi connectivity index (χ4n) is 3.00. The van der Waals surface area contributed by atoms with Crippen LogP contribution in [0.15, 0.2) is 54.7 Å². The molecule has 1 aromatic heterocycles. The van der Waals surface area contributed by atoms with Gasteiger partial charge >= 0.3 is 6.18 Å². The quantitative estimate of drug-likeness (QED) is 0.506. The van der Waals surface area contributed by atoms with Crippen LogP contribution in [-0.2, 0) is 22.2 Å². The van der Waals surface area contributed by atoms with Crippen LogP contribution >= 0.6 is 0 Å². The van der Waals surface area contributed by atoms with Crippen LogP contribution in [-0.4, -0.2) is 27.9 Å². The lowest BCUT2D eigenvalue weighted by atomic mass is 10.0. The van der Waals surface area contributed by atoms with Gasteiger partial charge in [0.15, 0.2) is 6.10 Å². The van der Waals surface area contributed by atoms with E-state index in [4.69, 9.17) is 5.73 Å². The van der Waals surface area contributed by atoms with Crippen molar-refractivity contribution < 1.29 is 27.9 Å². The van der Waals surface area contributed by atoms with Gasteiger partial charge in [-0.2, -0.15) is 13.2 Å². The molecule has 2 aromatic carbocycles. The summed E-state index contributed by atoms with van der Waals surface area (Å²) in [5, 5.41) is 13.4. The Balaban J connectivity index is 1.73. The number of para-hydroxylation sites is 1. The van der Waals surface area contributed by atoms with E-state index in [0.29, 0.717) is 0 Å². The number of fused-ring (bicyclic) bond motifs is 1. The molecule has 5 N–H and O–H groups in total. The van der Waals surface area contributed by atoms with Gasteiger partial charge in [-0.1, -0.05) is 30.3 Å². The number of aromatic amines is 1. The van der Waals surface area contributed by atoms with E-state index >= 15 is 0 Å². The minimum atomic E-state index is -4.53. The summed E-state index contributed by atoms with van der Waals surface area (Å²) in [5.41, 5.74) is 6.04. The van der Waals surface area contributed by atoms with E-state index in [0.717, 1.165) is 40.7 Å². The first kappa shape index (κ1) is 20.4. The SMILES string of the molecule is NC(=O)[C@H](Cc1c[nH]c2ccccc12)NC(=O)[C@@H](O)c1ccc(C(F)(F)F)cc1. The van der Waals surface area contributed by atoms with Gasteiger partial charge in [0.25, 0.3) is 5.91 Å². The van der Waals surface area contributed by atoms with Crippen molar-refractivity contribution in [3.8, 4) is 0 Å². The van der Waals surface area contributed by atoms with E-state index in [1.54, 1.807) is 6.20 Å². The maximum Gasteiger partial charge on any atom is 0.416 e. The number of hydrogen-bond donors (Lipinski definition) is 4. The highest BCUT2D eigenvalue weighted by molar-refractivity contribution is 5.90. The van der Waals surface area contributed by atoms with E-state index in [1.807, 2.05) is 24.3 Å². The molecule has 29 heavy (non-hydrogen) atoms. The number of benzene rings is 2. The van der Waals surface area contributed by atoms with Crippen molar-refractivity contribution in [2.75, 3.05) is 0 Å². The van der Waals surface area contributed by atoms with Crippen LogP contribution in [0.5, 0.6) is 0 Å². The Morgan fingerprint density at radius 2 is 1.76 bits per heavy atom. The second kappa shape index (κ2) is 7.96. The molecule has 9 heteroatoms. The zero-order valence-electron chi connectivity index (χ0n) is 15.0. The third kappa shape index (κ3) is 4.57. The first-order valence-corrected chi connectivity index (χ1v) is 8.66. The molecular weight excluding hydrogens is 387 g/mol. The lowest BCUT2D eigenvalue weighted by Gasteiger charge is -2.18. The number of amides is 2. The Hall–Kier alpha value is -3.33. The summed E-state index contributed by atoms with van der Waals surface area (Å²) in [6, 6.07) is 9.81. The van der Waals surface area contributed by atoms with Gasteiger partial charge in [-0.3, -0.25) is 9.59 Å². The maximum absolute atomic E-state index is 12.6. The van der Waals surface area contributed by atoms with Gasteiger partial charge < -0.3 is 21.1 Å². The van der Waals surface area contributed by atoms with Gasteiger partial charge in [-0.15, -0.1) is 0 Å². The molecule has 0 bridgehead atoms. The third-order valence-corrected chi connectivity index (χ3v) is 4.56. The van der Waals surface area contributed by atoms with Crippen molar-refractivity contribution in [2.45, 2.75) is 24.7 Å². The molecule has 0 saturated heterocycles. The molecule has 3 aromatic rings. The molecule has 0 unspecified atom stereocenters. The molecule has 0 radical (unpaired) electrons. The normalized spacial score (nSPS) is 13.8. The van der Waals surface area contributed by atoms with Gasteiger partial charge in [0, 0.05) is 23.5 Å². The zero-order valence-corrected chi connectivity index (χ0v) is 15.0. The summed E-state index contributed by atoms with van der Waals surface area (Å²) in [7, 11) is 0. The Morgan fingerprint density at radius 1 is 1.10 bits per heavy atom. The van der Waals surface area contributed by atoms with Crippen LogP contribution in [0.4, 0.5) is 13.2 Å². The number of primary amides is 1. The monoisotopic (exact) mass is 405 g/mol. The van der Waals surface area contributed by atoms with Crippen molar-refractivity contribution in [1.29, 1.82) is 0 Å². The second-order valence-corrected chi connectivity index (χ2v) is 6.55. The number of carbonyl (C=O) groups excluding carboxylic acids is 2. The lowest BCUT2D eigenvalue weighted by molar-refractivity contribution is -0.137. The smallest absolute Gasteiger partial charge is 0.378 e. The number of aliphatic hydroxyl groups excluding tert-OH is 1. The number of hydrogen-bond acceptors (Lipinski definition) is 3. The second-order valence-electron chi connectivity index (χ2n) is 6.55. The predicted octanol–water partition coefficient (Wildman–Crippen LogP) is 2.43. The van der Waals surface area contributed by atoms with Crippen LogP contribution in [0.2, 0.25) is 0 Å². The molecule has 3 rings (SSSR count). The molecule has 0 aliphatic carbocycles. The lowest BCUT2D eigenvalue weighted by Crippen LogP contribution is -2.47. The minimum Gasteiger partial charge on any atom is -0.378 e. The molecule has 0 aliphatic rings. The van der Waals surface area contributed by atoms with E-state index in [1.165, 1.54) is 0 Å². The number of nitrogens with two attached hydrogens (primary N) is 1. The van der Waals surface area contributed by atoms with Crippen molar-refractivity contribution in [3.63, 3.8) is 0 Å². The first-order valence-electron chi connectivity index (χ1n) is 8.66. The van der Waals surface area contributed by atoms with Gasteiger partial charge in [-0.25, -0.2) is 0 Å². The van der Waals surface area contributed by atoms with Crippen molar-refractivity contribution >= 4 is 22.7 Å². The molecular formula is C20H18F3N3O3. The number of carbonyl (C=O) groups is 2. The highest BCUT2D eigenvalue weighted by Gasteiger charge is 2.31. The van der Waals surface area contributed by atoms with Crippen LogP contribution in [0.1, 0.15) is 22.8 Å². The Morgan fingerprint density at radius 3 is 2.38 bits per heavy atom. The van der Waals surface area contributed by atoms with E-state index < -0.39 is 35.7 Å². The molecule has 1 heterocycles. The summed E-state index contributed by atoms with van der Waals surface area (Å²) >= 11 is 0. The number of rotatable bonds is 6. The van der Waals surface area contributed by atoms with Gasteiger partial charge in [0.2, 0.25) is 5.91 Å². The number of nitrogens with one attached hydrogen (secondary N) is 2. The van der Waals surface area contributed by atoms with E-state index in [-0.39, 0.29) is 12.0 Å². The first-order chi connectivity index (χ1) is 13.7. The zero-order chi connectivity index (χ0) is 21.2. The fraction of sp³-hybridized carbons (Fsp3) is 0.200. The van der Waals surface area contributed by atoms with Crippen LogP contribution < -0.4 is 11.1 Å². The third-order valence-electron chi connectivity index (χ3n) is 4.56. The topological polar surface area (TPSA) is 108 Å². The largest absolute Gasteiger partial charge is 0.416 e. The average molecular weight is 405 g/mol. The molecule has 2 atom stereocenters. The average Bonchev–Trinajstić information content (AvgIpc) is 3.09. The molecule has 0 saturated carbocycles. The highest BCUT2D eigenvalue weighted by atomic mass is 19.4. The molecule has 0 aliphatic heterocycles. The van der Waals surface area contributed by atoms with Crippen LogP contribution in [0.25, 0.3) is 10.9 Å². The molecule has 6 nitrogen and oxygen atoms in total. The predicted molar refractivity (Wildman–Crippen MR) is 99.5 cm³/mol. The van der Waals surface area contributed by atoms with Crippen molar-refractivity contribution in [3.05, 3.63) is 71.4 Å².